The van der Waals surface area contributed by atoms with Crippen LogP contribution in [-0.2, 0) is 16.0 Å². The fourth-order valence-electron chi connectivity index (χ4n) is 3.30. The van der Waals surface area contributed by atoms with E-state index in [0.717, 1.165) is 24.5 Å². The van der Waals surface area contributed by atoms with Gasteiger partial charge in [-0.3, -0.25) is 9.59 Å². The Kier molecular flexibility index (Phi) is 6.80. The highest BCUT2D eigenvalue weighted by atomic mass is 19.1. The van der Waals surface area contributed by atoms with Crippen molar-refractivity contribution in [3.63, 3.8) is 0 Å². The molecule has 0 aliphatic carbocycles. The van der Waals surface area contributed by atoms with Gasteiger partial charge in [0.2, 0.25) is 11.8 Å². The molecule has 6 nitrogen and oxygen atoms in total. The Balaban J connectivity index is 1.49. The minimum Gasteiger partial charge on any atom is -0.353 e. The molecule has 1 aliphatic rings. The van der Waals surface area contributed by atoms with Crippen molar-refractivity contribution in [1.29, 1.82) is 0 Å². The van der Waals surface area contributed by atoms with Crippen LogP contribution in [0.15, 0.2) is 42.6 Å². The molecular weight excluding hydrogens is 371 g/mol. The molecule has 0 unspecified atom stereocenters. The van der Waals surface area contributed by atoms with Gasteiger partial charge in [0, 0.05) is 32.6 Å². The van der Waals surface area contributed by atoms with E-state index in [9.17, 15) is 14.0 Å². The molecule has 1 aliphatic heterocycles. The second-order valence-corrected chi connectivity index (χ2v) is 7.72. The van der Waals surface area contributed by atoms with Gasteiger partial charge in [0.15, 0.2) is 0 Å². The number of halogens is 1. The van der Waals surface area contributed by atoms with E-state index in [0.29, 0.717) is 31.1 Å². The van der Waals surface area contributed by atoms with Crippen LogP contribution in [0.1, 0.15) is 25.8 Å². The predicted molar refractivity (Wildman–Crippen MR) is 111 cm³/mol. The van der Waals surface area contributed by atoms with Crippen molar-refractivity contribution in [2.75, 3.05) is 36.4 Å². The van der Waals surface area contributed by atoms with Crippen LogP contribution in [-0.4, -0.2) is 47.9 Å². The molecule has 1 aromatic carbocycles. The lowest BCUT2D eigenvalue weighted by atomic mass is 10.1. The van der Waals surface area contributed by atoms with Gasteiger partial charge in [0.1, 0.15) is 11.6 Å². The molecule has 3 rings (SSSR count). The van der Waals surface area contributed by atoms with E-state index in [4.69, 9.17) is 0 Å². The molecule has 29 heavy (non-hydrogen) atoms. The lowest BCUT2D eigenvalue weighted by Crippen LogP contribution is -2.49. The summed E-state index contributed by atoms with van der Waals surface area (Å²) in [6.07, 6.45) is 2.40. The molecule has 7 heteroatoms. The Morgan fingerprint density at radius 1 is 1.07 bits per heavy atom. The van der Waals surface area contributed by atoms with Crippen molar-refractivity contribution >= 4 is 23.3 Å². The molecule has 0 spiro atoms. The molecule has 1 saturated heterocycles. The topological polar surface area (TPSA) is 65.5 Å². The third-order valence-corrected chi connectivity index (χ3v) is 4.85. The van der Waals surface area contributed by atoms with Crippen LogP contribution in [0.5, 0.6) is 0 Å². The van der Waals surface area contributed by atoms with Crippen LogP contribution in [0.3, 0.4) is 0 Å². The number of nitrogens with zero attached hydrogens (tertiary/aromatic N) is 3. The Bertz CT molecular complexity index is 829. The maximum atomic E-state index is 12.9. The molecule has 1 N–H and O–H groups in total. The van der Waals surface area contributed by atoms with Gasteiger partial charge < -0.3 is 15.1 Å². The van der Waals surface area contributed by atoms with E-state index >= 15 is 0 Å². The summed E-state index contributed by atoms with van der Waals surface area (Å²) >= 11 is 0. The first-order valence-corrected chi connectivity index (χ1v) is 9.94. The SMILES string of the molecule is CC(C)CC(=O)N1CCN(c2ccc(NC(=O)Cc3ccc(F)cc3)cn2)CC1. The number of hydrogen-bond acceptors (Lipinski definition) is 4. The highest BCUT2D eigenvalue weighted by Crippen LogP contribution is 2.17. The number of anilines is 2. The zero-order chi connectivity index (χ0) is 20.8. The Morgan fingerprint density at radius 2 is 1.76 bits per heavy atom. The van der Waals surface area contributed by atoms with Gasteiger partial charge in [0.05, 0.1) is 18.3 Å². The van der Waals surface area contributed by atoms with Crippen LogP contribution < -0.4 is 10.2 Å². The van der Waals surface area contributed by atoms with Crippen molar-refractivity contribution in [2.24, 2.45) is 5.92 Å². The summed E-state index contributed by atoms with van der Waals surface area (Å²) in [5.41, 5.74) is 1.37. The summed E-state index contributed by atoms with van der Waals surface area (Å²) in [6, 6.07) is 9.58. The maximum Gasteiger partial charge on any atom is 0.228 e. The summed E-state index contributed by atoms with van der Waals surface area (Å²) < 4.78 is 12.9. The molecule has 0 atom stereocenters. The van der Waals surface area contributed by atoms with E-state index in [1.165, 1.54) is 12.1 Å². The van der Waals surface area contributed by atoms with Gasteiger partial charge in [-0.25, -0.2) is 9.37 Å². The number of aromatic nitrogens is 1. The first-order valence-electron chi connectivity index (χ1n) is 9.94. The highest BCUT2D eigenvalue weighted by molar-refractivity contribution is 5.92. The van der Waals surface area contributed by atoms with Crippen molar-refractivity contribution in [2.45, 2.75) is 26.7 Å². The normalized spacial score (nSPS) is 14.2. The number of carbonyl (C=O) groups excluding carboxylic acids is 2. The van der Waals surface area contributed by atoms with Crippen LogP contribution in [0.2, 0.25) is 0 Å². The van der Waals surface area contributed by atoms with E-state index in [1.807, 2.05) is 17.0 Å². The lowest BCUT2D eigenvalue weighted by molar-refractivity contribution is -0.132. The summed E-state index contributed by atoms with van der Waals surface area (Å²) in [5.74, 6) is 0.917. The highest BCUT2D eigenvalue weighted by Gasteiger charge is 2.22. The lowest BCUT2D eigenvalue weighted by Gasteiger charge is -2.35. The Morgan fingerprint density at radius 3 is 2.34 bits per heavy atom. The molecule has 2 heterocycles. The number of benzene rings is 1. The minimum absolute atomic E-state index is 0.175. The van der Waals surface area contributed by atoms with Crippen molar-refractivity contribution in [3.8, 4) is 0 Å². The second-order valence-electron chi connectivity index (χ2n) is 7.72. The van der Waals surface area contributed by atoms with Crippen LogP contribution in [0.25, 0.3) is 0 Å². The minimum atomic E-state index is -0.320. The fourth-order valence-corrected chi connectivity index (χ4v) is 3.30. The number of rotatable bonds is 6. The molecule has 2 amide bonds. The second kappa shape index (κ2) is 9.49. The summed E-state index contributed by atoms with van der Waals surface area (Å²) in [7, 11) is 0. The largest absolute Gasteiger partial charge is 0.353 e. The maximum absolute atomic E-state index is 12.9. The van der Waals surface area contributed by atoms with Crippen LogP contribution in [0.4, 0.5) is 15.9 Å². The van der Waals surface area contributed by atoms with Crippen LogP contribution >= 0.6 is 0 Å². The Labute approximate surface area is 170 Å². The van der Waals surface area contributed by atoms with Gasteiger partial charge in [-0.15, -0.1) is 0 Å². The molecule has 1 aromatic heterocycles. The zero-order valence-electron chi connectivity index (χ0n) is 16.9. The van der Waals surface area contributed by atoms with Crippen molar-refractivity contribution in [3.05, 3.63) is 54.0 Å². The monoisotopic (exact) mass is 398 g/mol. The van der Waals surface area contributed by atoms with Gasteiger partial charge in [-0.2, -0.15) is 0 Å². The van der Waals surface area contributed by atoms with Crippen molar-refractivity contribution < 1.29 is 14.0 Å². The van der Waals surface area contributed by atoms with E-state index in [2.05, 4.69) is 29.0 Å². The zero-order valence-corrected chi connectivity index (χ0v) is 16.9. The molecule has 154 valence electrons. The van der Waals surface area contributed by atoms with E-state index in [-0.39, 0.29) is 24.1 Å². The third kappa shape index (κ3) is 6.01. The van der Waals surface area contributed by atoms with Gasteiger partial charge in [-0.1, -0.05) is 26.0 Å². The van der Waals surface area contributed by atoms with Gasteiger partial charge >= 0.3 is 0 Å². The Hall–Kier alpha value is -2.96. The first-order chi connectivity index (χ1) is 13.9. The fraction of sp³-hybridized carbons (Fsp3) is 0.409. The van der Waals surface area contributed by atoms with Gasteiger partial charge in [0.25, 0.3) is 0 Å². The van der Waals surface area contributed by atoms with E-state index < -0.39 is 0 Å². The average Bonchev–Trinajstić information content (AvgIpc) is 2.70. The number of pyridine rings is 1. The number of hydrogen-bond donors (Lipinski definition) is 1. The first kappa shape index (κ1) is 20.8. The molecule has 0 radical (unpaired) electrons. The number of nitrogens with one attached hydrogen (secondary N) is 1. The van der Waals surface area contributed by atoms with Crippen LogP contribution in [0, 0.1) is 11.7 Å². The number of carbonyl (C=O) groups is 2. The number of amides is 2. The third-order valence-electron chi connectivity index (χ3n) is 4.85. The summed E-state index contributed by atoms with van der Waals surface area (Å²) in [5, 5.41) is 2.81. The quantitative estimate of drug-likeness (QED) is 0.812. The smallest absolute Gasteiger partial charge is 0.228 e. The predicted octanol–water partition coefficient (Wildman–Crippen LogP) is 3.10. The van der Waals surface area contributed by atoms with Gasteiger partial charge in [-0.05, 0) is 35.7 Å². The van der Waals surface area contributed by atoms with Crippen molar-refractivity contribution in [1.82, 2.24) is 9.88 Å². The van der Waals surface area contributed by atoms with E-state index in [1.54, 1.807) is 18.3 Å². The number of piperazine rings is 1. The molecule has 0 bridgehead atoms. The standard InChI is InChI=1S/C22H27FN4O2/c1-16(2)13-22(29)27-11-9-26(10-12-27)20-8-7-19(15-24-20)25-21(28)14-17-3-5-18(23)6-4-17/h3-8,15-16H,9-14H2,1-2H3,(H,25,28). The summed E-state index contributed by atoms with van der Waals surface area (Å²) in [6.45, 7) is 6.99. The molecule has 1 fully saturated rings. The molecule has 0 saturated carbocycles. The molecule has 2 aromatic rings. The molecular formula is C22H27FN4O2. The average molecular weight is 398 g/mol. The summed E-state index contributed by atoms with van der Waals surface area (Å²) in [4.78, 5) is 32.8.